The minimum atomic E-state index is -0.207. The van der Waals surface area contributed by atoms with E-state index in [1.165, 1.54) is 6.07 Å². The second-order valence-electron chi connectivity index (χ2n) is 6.17. The summed E-state index contributed by atoms with van der Waals surface area (Å²) in [7, 11) is 0. The Balaban J connectivity index is 1.70. The molecule has 0 spiro atoms. The van der Waals surface area contributed by atoms with Crippen LogP contribution in [0.2, 0.25) is 0 Å². The van der Waals surface area contributed by atoms with Crippen molar-refractivity contribution < 1.29 is 9.32 Å². The van der Waals surface area contributed by atoms with Crippen LogP contribution in [0.25, 0.3) is 11.4 Å². The van der Waals surface area contributed by atoms with Gasteiger partial charge in [-0.3, -0.25) is 9.59 Å². The van der Waals surface area contributed by atoms with Gasteiger partial charge in [0.25, 0.3) is 5.56 Å². The minimum Gasteiger partial charge on any atom is -0.361 e. The second-order valence-corrected chi connectivity index (χ2v) is 6.17. The molecule has 2 heterocycles. The van der Waals surface area contributed by atoms with Crippen LogP contribution in [0.4, 0.5) is 5.69 Å². The van der Waals surface area contributed by atoms with Crippen molar-refractivity contribution in [3.8, 4) is 11.4 Å². The number of nitrogens with one attached hydrogen (secondary N) is 2. The van der Waals surface area contributed by atoms with Crippen molar-refractivity contribution in [3.63, 3.8) is 0 Å². The van der Waals surface area contributed by atoms with E-state index in [-0.39, 0.29) is 11.5 Å². The Kier molecular flexibility index (Phi) is 4.97. The number of carbonyl (C=O) groups excluding carboxylic acids is 1. The van der Waals surface area contributed by atoms with E-state index in [1.807, 2.05) is 26.0 Å². The molecule has 7 heteroatoms. The topological polar surface area (TPSA) is 101 Å². The molecule has 0 saturated heterocycles. The van der Waals surface area contributed by atoms with Crippen molar-refractivity contribution in [1.82, 2.24) is 15.1 Å². The molecule has 0 aliphatic heterocycles. The summed E-state index contributed by atoms with van der Waals surface area (Å²) in [6.07, 6.45) is 0.895. The molecule has 0 fully saturated rings. The first-order valence-electron chi connectivity index (χ1n) is 8.32. The smallest absolute Gasteiger partial charge is 0.251 e. The highest BCUT2D eigenvalue weighted by Crippen LogP contribution is 2.20. The number of H-pyrrole nitrogens is 1. The van der Waals surface area contributed by atoms with Crippen molar-refractivity contribution in [3.05, 3.63) is 63.4 Å². The average molecular weight is 352 g/mol. The van der Waals surface area contributed by atoms with Crippen LogP contribution in [0.3, 0.4) is 0 Å². The third kappa shape index (κ3) is 4.05. The number of aromatic amines is 1. The fourth-order valence-electron chi connectivity index (χ4n) is 2.78. The molecule has 1 aromatic carbocycles. The standard InChI is InChI=1S/C19H20N4O3/c1-11-9-18(25)22-19(20-11)14-5-4-6-15(10-14)21-17(24)8-7-16-12(2)23-26-13(16)3/h4-6,9-10H,7-8H2,1-3H3,(H,21,24)(H,20,22,25). The molecular weight excluding hydrogens is 332 g/mol. The normalized spacial score (nSPS) is 10.7. The van der Waals surface area contributed by atoms with Crippen molar-refractivity contribution >= 4 is 11.6 Å². The Hall–Kier alpha value is -3.22. The van der Waals surface area contributed by atoms with Gasteiger partial charge in [0.2, 0.25) is 5.91 Å². The molecule has 2 aromatic heterocycles. The third-order valence-electron chi connectivity index (χ3n) is 4.07. The van der Waals surface area contributed by atoms with Crippen molar-refractivity contribution in [1.29, 1.82) is 0 Å². The SMILES string of the molecule is Cc1cc(=O)[nH]c(-c2cccc(NC(=O)CCc3c(C)noc3C)c2)n1. The molecule has 0 unspecified atom stereocenters. The number of anilines is 1. The molecule has 2 N–H and O–H groups in total. The van der Waals surface area contributed by atoms with Crippen LogP contribution in [0.1, 0.15) is 29.1 Å². The monoisotopic (exact) mass is 352 g/mol. The summed E-state index contributed by atoms with van der Waals surface area (Å²) < 4.78 is 5.11. The van der Waals surface area contributed by atoms with Crippen LogP contribution in [0.5, 0.6) is 0 Å². The Morgan fingerprint density at radius 2 is 2.04 bits per heavy atom. The van der Waals surface area contributed by atoms with Crippen molar-refractivity contribution in [2.45, 2.75) is 33.6 Å². The first kappa shape index (κ1) is 17.6. The van der Waals surface area contributed by atoms with E-state index in [1.54, 1.807) is 19.1 Å². The van der Waals surface area contributed by atoms with E-state index in [4.69, 9.17) is 4.52 Å². The predicted octanol–water partition coefficient (Wildman–Crippen LogP) is 2.92. The fourth-order valence-corrected chi connectivity index (χ4v) is 2.78. The van der Waals surface area contributed by atoms with E-state index in [2.05, 4.69) is 20.4 Å². The molecule has 3 rings (SSSR count). The Bertz CT molecular complexity index is 985. The van der Waals surface area contributed by atoms with Gasteiger partial charge in [0, 0.05) is 35.0 Å². The van der Waals surface area contributed by atoms with Gasteiger partial charge in [0.15, 0.2) is 0 Å². The van der Waals surface area contributed by atoms with Crippen molar-refractivity contribution in [2.24, 2.45) is 0 Å². The molecule has 7 nitrogen and oxygen atoms in total. The van der Waals surface area contributed by atoms with Crippen LogP contribution < -0.4 is 10.9 Å². The number of amides is 1. The second kappa shape index (κ2) is 7.35. The lowest BCUT2D eigenvalue weighted by Gasteiger charge is -2.08. The minimum absolute atomic E-state index is 0.104. The summed E-state index contributed by atoms with van der Waals surface area (Å²) in [5.74, 6) is 1.11. The zero-order valence-corrected chi connectivity index (χ0v) is 14.9. The van der Waals surface area contributed by atoms with E-state index >= 15 is 0 Å². The highest BCUT2D eigenvalue weighted by molar-refractivity contribution is 5.91. The quantitative estimate of drug-likeness (QED) is 0.735. The number of hydrogen-bond acceptors (Lipinski definition) is 5. The summed E-state index contributed by atoms with van der Waals surface area (Å²) in [6, 6.07) is 8.65. The van der Waals surface area contributed by atoms with Crippen LogP contribution in [0, 0.1) is 20.8 Å². The highest BCUT2D eigenvalue weighted by atomic mass is 16.5. The number of aromatic nitrogens is 3. The number of aryl methyl sites for hydroxylation is 3. The maximum atomic E-state index is 12.3. The van der Waals surface area contributed by atoms with Gasteiger partial charge in [0.05, 0.1) is 5.69 Å². The molecule has 3 aromatic rings. The largest absolute Gasteiger partial charge is 0.361 e. The summed E-state index contributed by atoms with van der Waals surface area (Å²) in [6.45, 7) is 5.47. The predicted molar refractivity (Wildman–Crippen MR) is 98.0 cm³/mol. The number of benzene rings is 1. The summed E-state index contributed by atoms with van der Waals surface area (Å²) in [5.41, 5.74) is 3.59. The zero-order chi connectivity index (χ0) is 18.7. The van der Waals surface area contributed by atoms with Gasteiger partial charge in [-0.05, 0) is 39.3 Å². The van der Waals surface area contributed by atoms with Gasteiger partial charge in [-0.2, -0.15) is 0 Å². The lowest BCUT2D eigenvalue weighted by Crippen LogP contribution is -2.13. The number of carbonyl (C=O) groups is 1. The number of hydrogen-bond donors (Lipinski definition) is 2. The molecule has 26 heavy (non-hydrogen) atoms. The maximum Gasteiger partial charge on any atom is 0.251 e. The van der Waals surface area contributed by atoms with Gasteiger partial charge in [-0.1, -0.05) is 17.3 Å². The van der Waals surface area contributed by atoms with E-state index in [0.717, 1.165) is 22.6 Å². The molecular formula is C19H20N4O3. The van der Waals surface area contributed by atoms with Gasteiger partial charge < -0.3 is 14.8 Å². The first-order valence-corrected chi connectivity index (χ1v) is 8.32. The molecule has 0 bridgehead atoms. The lowest BCUT2D eigenvalue weighted by molar-refractivity contribution is -0.116. The van der Waals surface area contributed by atoms with Gasteiger partial charge >= 0.3 is 0 Å². The fraction of sp³-hybridized carbons (Fsp3) is 0.263. The third-order valence-corrected chi connectivity index (χ3v) is 4.07. The van der Waals surface area contributed by atoms with Gasteiger partial charge in [-0.15, -0.1) is 0 Å². The van der Waals surface area contributed by atoms with Crippen LogP contribution >= 0.6 is 0 Å². The molecule has 0 aliphatic carbocycles. The maximum absolute atomic E-state index is 12.3. The molecule has 0 atom stereocenters. The molecule has 1 amide bonds. The Morgan fingerprint density at radius 1 is 1.23 bits per heavy atom. The zero-order valence-electron chi connectivity index (χ0n) is 14.9. The van der Waals surface area contributed by atoms with Gasteiger partial charge in [-0.25, -0.2) is 4.98 Å². The first-order chi connectivity index (χ1) is 12.4. The Morgan fingerprint density at radius 3 is 2.73 bits per heavy atom. The van der Waals surface area contributed by atoms with Crippen molar-refractivity contribution in [2.75, 3.05) is 5.32 Å². The molecule has 0 saturated carbocycles. The summed E-state index contributed by atoms with van der Waals surface area (Å²) >= 11 is 0. The molecule has 0 radical (unpaired) electrons. The molecule has 134 valence electrons. The number of rotatable bonds is 5. The number of nitrogens with zero attached hydrogens (tertiary/aromatic N) is 2. The van der Waals surface area contributed by atoms with Crippen LogP contribution in [-0.4, -0.2) is 21.0 Å². The van der Waals surface area contributed by atoms with E-state index in [0.29, 0.717) is 30.0 Å². The summed E-state index contributed by atoms with van der Waals surface area (Å²) in [4.78, 5) is 30.9. The van der Waals surface area contributed by atoms with E-state index in [9.17, 15) is 9.59 Å². The van der Waals surface area contributed by atoms with Gasteiger partial charge in [0.1, 0.15) is 11.6 Å². The summed E-state index contributed by atoms with van der Waals surface area (Å²) in [5, 5.41) is 6.77. The molecule has 0 aliphatic rings. The average Bonchev–Trinajstić information content (AvgIpc) is 2.90. The lowest BCUT2D eigenvalue weighted by atomic mass is 10.1. The van der Waals surface area contributed by atoms with E-state index < -0.39 is 0 Å². The Labute approximate surface area is 150 Å². The van der Waals surface area contributed by atoms with Crippen LogP contribution in [0.15, 0.2) is 39.6 Å². The van der Waals surface area contributed by atoms with Crippen LogP contribution in [-0.2, 0) is 11.2 Å². The highest BCUT2D eigenvalue weighted by Gasteiger charge is 2.12.